The maximum absolute atomic E-state index is 12.6. The minimum atomic E-state index is 0.0296. The Morgan fingerprint density at radius 1 is 1.39 bits per heavy atom. The number of methoxy groups -OCH3 is 1. The topological polar surface area (TPSA) is 55.2 Å². The van der Waals surface area contributed by atoms with E-state index in [-0.39, 0.29) is 11.3 Å². The average molecular weight is 322 g/mol. The summed E-state index contributed by atoms with van der Waals surface area (Å²) in [6, 6.07) is 1.73. The molecule has 2 aliphatic heterocycles. The molecule has 2 aliphatic rings. The quantitative estimate of drug-likeness (QED) is 0.840. The molecular formula is C17H26N2O4. The van der Waals surface area contributed by atoms with Crippen molar-refractivity contribution in [3.8, 4) is 0 Å². The summed E-state index contributed by atoms with van der Waals surface area (Å²) in [6.07, 6.45) is 5.20. The van der Waals surface area contributed by atoms with Crippen LogP contribution in [0.4, 0.5) is 0 Å². The fourth-order valence-corrected chi connectivity index (χ4v) is 3.69. The van der Waals surface area contributed by atoms with Gasteiger partial charge in [0.1, 0.15) is 6.26 Å². The molecule has 1 amide bonds. The lowest BCUT2D eigenvalue weighted by atomic mass is 9.80. The highest BCUT2D eigenvalue weighted by molar-refractivity contribution is 5.93. The first-order chi connectivity index (χ1) is 11.2. The molecule has 23 heavy (non-hydrogen) atoms. The summed E-state index contributed by atoms with van der Waals surface area (Å²) in [5.41, 5.74) is 0.662. The van der Waals surface area contributed by atoms with Gasteiger partial charge in [-0.25, -0.2) is 0 Å². The van der Waals surface area contributed by atoms with E-state index in [1.54, 1.807) is 19.4 Å². The van der Waals surface area contributed by atoms with Gasteiger partial charge in [0.25, 0.3) is 5.91 Å². The number of likely N-dealkylation sites (tertiary alicyclic amines) is 1. The maximum atomic E-state index is 12.6. The van der Waals surface area contributed by atoms with E-state index in [1.807, 2.05) is 4.90 Å². The summed E-state index contributed by atoms with van der Waals surface area (Å²) in [4.78, 5) is 17.0. The zero-order valence-corrected chi connectivity index (χ0v) is 13.8. The highest BCUT2D eigenvalue weighted by Crippen LogP contribution is 2.33. The van der Waals surface area contributed by atoms with Crippen molar-refractivity contribution in [1.82, 2.24) is 9.80 Å². The van der Waals surface area contributed by atoms with Crippen LogP contribution in [0, 0.1) is 5.41 Å². The molecule has 3 rings (SSSR count). The van der Waals surface area contributed by atoms with Crippen LogP contribution in [0.5, 0.6) is 0 Å². The van der Waals surface area contributed by atoms with Crippen molar-refractivity contribution in [3.05, 3.63) is 24.2 Å². The van der Waals surface area contributed by atoms with Crippen molar-refractivity contribution in [2.45, 2.75) is 12.8 Å². The van der Waals surface area contributed by atoms with Gasteiger partial charge < -0.3 is 18.8 Å². The molecule has 1 atom stereocenters. The SMILES string of the molecule is COCCN1CCOCC2(CCCN(C(=O)c3ccoc3)C2)C1. The zero-order chi connectivity index (χ0) is 16.1. The van der Waals surface area contributed by atoms with Crippen LogP contribution < -0.4 is 0 Å². The standard InChI is InChI=1S/C17H26N2O4/c1-21-9-6-18-7-10-23-14-17(12-18)4-2-5-19(13-17)16(20)15-3-8-22-11-15/h3,8,11H,2,4-7,9-10,12-14H2,1H3. The van der Waals surface area contributed by atoms with E-state index in [2.05, 4.69) is 4.90 Å². The van der Waals surface area contributed by atoms with Crippen molar-refractivity contribution in [2.75, 3.05) is 59.7 Å². The maximum Gasteiger partial charge on any atom is 0.257 e. The number of hydrogen-bond acceptors (Lipinski definition) is 5. The highest BCUT2D eigenvalue weighted by Gasteiger charge is 2.40. The zero-order valence-electron chi connectivity index (χ0n) is 13.8. The van der Waals surface area contributed by atoms with Crippen molar-refractivity contribution < 1.29 is 18.7 Å². The molecule has 6 nitrogen and oxygen atoms in total. The Labute approximate surface area is 137 Å². The first kappa shape index (κ1) is 16.5. The first-order valence-corrected chi connectivity index (χ1v) is 8.33. The van der Waals surface area contributed by atoms with Crippen LogP contribution in [0.3, 0.4) is 0 Å². The Kier molecular flexibility index (Phi) is 5.35. The lowest BCUT2D eigenvalue weighted by molar-refractivity contribution is 0.00617. The van der Waals surface area contributed by atoms with Gasteiger partial charge in [-0.1, -0.05) is 0 Å². The van der Waals surface area contributed by atoms with Gasteiger partial charge in [-0.05, 0) is 18.9 Å². The van der Waals surface area contributed by atoms with Gasteiger partial charge in [-0.2, -0.15) is 0 Å². The number of carbonyl (C=O) groups excluding carboxylic acids is 1. The van der Waals surface area contributed by atoms with Gasteiger partial charge >= 0.3 is 0 Å². The molecule has 3 heterocycles. The van der Waals surface area contributed by atoms with Crippen LogP contribution in [-0.2, 0) is 9.47 Å². The average Bonchev–Trinajstić information content (AvgIpc) is 3.03. The number of ether oxygens (including phenoxy) is 2. The van der Waals surface area contributed by atoms with Gasteiger partial charge in [0.2, 0.25) is 0 Å². The fourth-order valence-electron chi connectivity index (χ4n) is 3.69. The van der Waals surface area contributed by atoms with Gasteiger partial charge in [0.05, 0.1) is 31.6 Å². The molecule has 0 bridgehead atoms. The molecule has 128 valence electrons. The Morgan fingerprint density at radius 2 is 2.30 bits per heavy atom. The van der Waals surface area contributed by atoms with Crippen LogP contribution in [0.25, 0.3) is 0 Å². The molecule has 0 saturated carbocycles. The van der Waals surface area contributed by atoms with E-state index in [4.69, 9.17) is 13.9 Å². The van der Waals surface area contributed by atoms with Crippen molar-refractivity contribution in [1.29, 1.82) is 0 Å². The van der Waals surface area contributed by atoms with Gasteiger partial charge in [0.15, 0.2) is 0 Å². The number of nitrogens with zero attached hydrogens (tertiary/aromatic N) is 2. The van der Waals surface area contributed by atoms with E-state index >= 15 is 0 Å². The summed E-state index contributed by atoms with van der Waals surface area (Å²) < 4.78 is 16.1. The third-order valence-electron chi connectivity index (χ3n) is 4.85. The van der Waals surface area contributed by atoms with Crippen LogP contribution in [-0.4, -0.2) is 75.4 Å². The van der Waals surface area contributed by atoms with Gasteiger partial charge in [-0.3, -0.25) is 9.69 Å². The van der Waals surface area contributed by atoms with Crippen LogP contribution in [0.2, 0.25) is 0 Å². The van der Waals surface area contributed by atoms with E-state index < -0.39 is 0 Å². The summed E-state index contributed by atoms with van der Waals surface area (Å²) in [5.74, 6) is 0.0607. The van der Waals surface area contributed by atoms with Gasteiger partial charge in [0, 0.05) is 45.2 Å². The van der Waals surface area contributed by atoms with Crippen LogP contribution in [0.15, 0.2) is 23.0 Å². The normalized spacial score (nSPS) is 26.4. The van der Waals surface area contributed by atoms with Crippen molar-refractivity contribution in [2.24, 2.45) is 5.41 Å². The molecule has 0 aromatic carbocycles. The monoisotopic (exact) mass is 322 g/mol. The molecule has 1 aromatic rings. The Balaban J connectivity index is 1.68. The molecule has 2 saturated heterocycles. The minimum Gasteiger partial charge on any atom is -0.472 e. The molecule has 2 fully saturated rings. The molecule has 1 spiro atoms. The van der Waals surface area contributed by atoms with Crippen LogP contribution >= 0.6 is 0 Å². The number of furan rings is 1. The fraction of sp³-hybridized carbons (Fsp3) is 0.706. The molecule has 0 aliphatic carbocycles. The largest absolute Gasteiger partial charge is 0.472 e. The van der Waals surface area contributed by atoms with E-state index in [9.17, 15) is 4.79 Å². The Hall–Kier alpha value is -1.37. The third kappa shape index (κ3) is 3.94. The predicted molar refractivity (Wildman–Crippen MR) is 85.4 cm³/mol. The Morgan fingerprint density at radius 3 is 3.09 bits per heavy atom. The second-order valence-electron chi connectivity index (χ2n) is 6.66. The predicted octanol–water partition coefficient (Wildman–Crippen LogP) is 1.48. The van der Waals surface area contributed by atoms with Crippen molar-refractivity contribution >= 4 is 5.91 Å². The van der Waals surface area contributed by atoms with Crippen molar-refractivity contribution in [3.63, 3.8) is 0 Å². The van der Waals surface area contributed by atoms with E-state index in [0.29, 0.717) is 5.56 Å². The first-order valence-electron chi connectivity index (χ1n) is 8.33. The summed E-state index contributed by atoms with van der Waals surface area (Å²) in [7, 11) is 1.73. The number of piperidine rings is 1. The Bertz CT molecular complexity index is 505. The summed E-state index contributed by atoms with van der Waals surface area (Å²) in [6.45, 7) is 6.58. The number of hydrogen-bond donors (Lipinski definition) is 0. The molecule has 1 unspecified atom stereocenters. The lowest BCUT2D eigenvalue weighted by Crippen LogP contribution is -2.52. The third-order valence-corrected chi connectivity index (χ3v) is 4.85. The smallest absolute Gasteiger partial charge is 0.257 e. The second kappa shape index (κ2) is 7.47. The molecule has 1 aromatic heterocycles. The van der Waals surface area contributed by atoms with E-state index in [0.717, 1.165) is 65.4 Å². The number of rotatable bonds is 4. The molecular weight excluding hydrogens is 296 g/mol. The molecule has 6 heteroatoms. The second-order valence-corrected chi connectivity index (χ2v) is 6.66. The summed E-state index contributed by atoms with van der Waals surface area (Å²) in [5, 5.41) is 0. The van der Waals surface area contributed by atoms with Crippen LogP contribution in [0.1, 0.15) is 23.2 Å². The highest BCUT2D eigenvalue weighted by atomic mass is 16.5. The lowest BCUT2D eigenvalue weighted by Gasteiger charge is -2.43. The van der Waals surface area contributed by atoms with Gasteiger partial charge in [-0.15, -0.1) is 0 Å². The summed E-state index contributed by atoms with van der Waals surface area (Å²) >= 11 is 0. The number of carbonyl (C=O) groups is 1. The minimum absolute atomic E-state index is 0.0296. The molecule has 0 radical (unpaired) electrons. The number of amides is 1. The molecule has 0 N–H and O–H groups in total. The van der Waals surface area contributed by atoms with E-state index in [1.165, 1.54) is 6.26 Å².